The number of hydrogen-bond donors (Lipinski definition) is 2. The Bertz CT molecular complexity index is 626. The predicted molar refractivity (Wildman–Crippen MR) is 87.5 cm³/mol. The largest absolute Gasteiger partial charge is 0.431 e. The molecule has 0 aromatic heterocycles. The summed E-state index contributed by atoms with van der Waals surface area (Å²) in [6.45, 7) is 0. The lowest BCUT2D eigenvalue weighted by atomic mass is 9.99. The first-order chi connectivity index (χ1) is 10.6. The third-order valence-corrected chi connectivity index (χ3v) is 3.18. The van der Waals surface area contributed by atoms with Crippen LogP contribution >= 0.6 is 0 Å². The number of esters is 1. The van der Waals surface area contributed by atoms with Gasteiger partial charge < -0.3 is 16.2 Å². The van der Waals surface area contributed by atoms with Gasteiger partial charge in [0.1, 0.15) is 0 Å². The van der Waals surface area contributed by atoms with Crippen molar-refractivity contribution in [3.8, 4) is 0 Å². The zero-order chi connectivity index (χ0) is 15.8. The second-order valence-electron chi connectivity index (χ2n) is 5.16. The van der Waals surface area contributed by atoms with E-state index in [1.165, 1.54) is 11.8 Å². The van der Waals surface area contributed by atoms with Crippen LogP contribution in [0.25, 0.3) is 0 Å². The van der Waals surface area contributed by atoms with E-state index in [4.69, 9.17) is 16.2 Å². The topological polar surface area (TPSA) is 78.3 Å². The molecule has 0 aliphatic heterocycles. The van der Waals surface area contributed by atoms with E-state index < -0.39 is 11.6 Å². The lowest BCUT2D eigenvalue weighted by Crippen LogP contribution is -2.47. The van der Waals surface area contributed by atoms with Crippen molar-refractivity contribution in [2.45, 2.75) is 18.5 Å². The van der Waals surface area contributed by atoms with Gasteiger partial charge in [-0.15, -0.1) is 0 Å². The number of rotatable bonds is 5. The second-order valence-corrected chi connectivity index (χ2v) is 5.16. The lowest BCUT2D eigenvalue weighted by molar-refractivity contribution is -0.133. The number of carbonyl (C=O) groups is 1. The monoisotopic (exact) mass is 296 g/mol. The maximum atomic E-state index is 11.8. The second kappa shape index (κ2) is 7.54. The van der Waals surface area contributed by atoms with Crippen molar-refractivity contribution in [1.82, 2.24) is 0 Å². The molecule has 4 N–H and O–H groups in total. The Morgan fingerprint density at radius 2 is 2.00 bits per heavy atom. The predicted octanol–water partition coefficient (Wildman–Crippen LogP) is 2.34. The van der Waals surface area contributed by atoms with Crippen LogP contribution in [0.4, 0.5) is 0 Å². The minimum Gasteiger partial charge on any atom is -0.431 e. The Morgan fingerprint density at radius 1 is 1.23 bits per heavy atom. The first-order valence-electron chi connectivity index (χ1n) is 7.10. The minimum atomic E-state index is -0.875. The fraction of sp³-hybridized carbons (Fsp3) is 0.167. The first-order valence-corrected chi connectivity index (χ1v) is 7.10. The van der Waals surface area contributed by atoms with Gasteiger partial charge in [-0.2, -0.15) is 0 Å². The van der Waals surface area contributed by atoms with Crippen LogP contribution in [0.15, 0.2) is 78.6 Å². The fourth-order valence-corrected chi connectivity index (χ4v) is 1.93. The number of nitrogens with two attached hydrogens (primary N) is 2. The molecule has 114 valence electrons. The fourth-order valence-electron chi connectivity index (χ4n) is 1.93. The van der Waals surface area contributed by atoms with Gasteiger partial charge in [-0.3, -0.25) is 0 Å². The SMILES string of the molecule is NC1(N)C=CC(C(=O)OC=CC=CCc2ccccc2)=CC1. The Labute approximate surface area is 130 Å². The van der Waals surface area contributed by atoms with E-state index in [0.717, 1.165) is 6.42 Å². The van der Waals surface area contributed by atoms with Gasteiger partial charge >= 0.3 is 5.97 Å². The first kappa shape index (κ1) is 15.9. The summed E-state index contributed by atoms with van der Waals surface area (Å²) in [5.41, 5.74) is 12.2. The van der Waals surface area contributed by atoms with Gasteiger partial charge in [0.25, 0.3) is 0 Å². The van der Waals surface area contributed by atoms with Gasteiger partial charge in [0, 0.05) is 6.42 Å². The average molecular weight is 296 g/mol. The molecule has 1 aromatic rings. The van der Waals surface area contributed by atoms with Gasteiger partial charge in [-0.05, 0) is 30.2 Å². The molecule has 1 aliphatic rings. The molecule has 4 heteroatoms. The van der Waals surface area contributed by atoms with Crippen LogP contribution in [-0.4, -0.2) is 11.6 Å². The summed E-state index contributed by atoms with van der Waals surface area (Å²) >= 11 is 0. The van der Waals surface area contributed by atoms with E-state index in [0.29, 0.717) is 12.0 Å². The summed E-state index contributed by atoms with van der Waals surface area (Å²) in [6.07, 6.45) is 13.0. The maximum absolute atomic E-state index is 11.8. The molecule has 0 radical (unpaired) electrons. The van der Waals surface area contributed by atoms with Gasteiger partial charge in [-0.25, -0.2) is 4.79 Å². The summed E-state index contributed by atoms with van der Waals surface area (Å²) in [4.78, 5) is 11.8. The van der Waals surface area contributed by atoms with E-state index in [1.807, 2.05) is 30.4 Å². The number of hydrogen-bond acceptors (Lipinski definition) is 4. The van der Waals surface area contributed by atoms with Crippen molar-refractivity contribution < 1.29 is 9.53 Å². The van der Waals surface area contributed by atoms with Gasteiger partial charge in [0.15, 0.2) is 0 Å². The molecule has 0 saturated heterocycles. The minimum absolute atomic E-state index is 0.411. The van der Waals surface area contributed by atoms with Crippen LogP contribution in [0.2, 0.25) is 0 Å². The molecule has 0 saturated carbocycles. The van der Waals surface area contributed by atoms with E-state index in [-0.39, 0.29) is 0 Å². The quantitative estimate of drug-likeness (QED) is 0.378. The Hall–Kier alpha value is -2.43. The average Bonchev–Trinajstić information content (AvgIpc) is 2.51. The molecular weight excluding hydrogens is 276 g/mol. The smallest absolute Gasteiger partial charge is 0.342 e. The van der Waals surface area contributed by atoms with Crippen molar-refractivity contribution in [2.75, 3.05) is 0 Å². The van der Waals surface area contributed by atoms with Gasteiger partial charge in [0.05, 0.1) is 17.5 Å². The lowest BCUT2D eigenvalue weighted by Gasteiger charge is -2.21. The van der Waals surface area contributed by atoms with Crippen molar-refractivity contribution >= 4 is 5.97 Å². The van der Waals surface area contributed by atoms with Crippen molar-refractivity contribution in [3.63, 3.8) is 0 Å². The molecule has 4 nitrogen and oxygen atoms in total. The molecule has 0 bridgehead atoms. The molecular formula is C18H20N2O2. The van der Waals surface area contributed by atoms with E-state index in [9.17, 15) is 4.79 Å². The zero-order valence-electron chi connectivity index (χ0n) is 12.3. The molecule has 0 spiro atoms. The van der Waals surface area contributed by atoms with Crippen LogP contribution in [0.1, 0.15) is 12.0 Å². The number of allylic oxidation sites excluding steroid dienone is 3. The highest BCUT2D eigenvalue weighted by atomic mass is 16.5. The Morgan fingerprint density at radius 3 is 2.68 bits per heavy atom. The summed E-state index contributed by atoms with van der Waals surface area (Å²) in [5, 5.41) is 0. The molecule has 0 atom stereocenters. The van der Waals surface area contributed by atoms with Crippen LogP contribution in [0.3, 0.4) is 0 Å². The van der Waals surface area contributed by atoms with Crippen molar-refractivity contribution in [2.24, 2.45) is 11.5 Å². The third-order valence-electron chi connectivity index (χ3n) is 3.18. The molecule has 0 amide bonds. The number of ether oxygens (including phenoxy) is 1. The summed E-state index contributed by atoms with van der Waals surface area (Å²) in [6, 6.07) is 10.1. The van der Waals surface area contributed by atoms with Gasteiger partial charge in [-0.1, -0.05) is 48.6 Å². The molecule has 22 heavy (non-hydrogen) atoms. The standard InChI is InChI=1S/C18H20N2O2/c19-18(20)12-10-16(11-13-18)17(21)22-14-6-2-5-9-15-7-3-1-4-8-15/h1-8,10-12,14H,9,13,19-20H2. The number of benzene rings is 1. The van der Waals surface area contributed by atoms with Crippen molar-refractivity contribution in [3.05, 3.63) is 84.2 Å². The molecule has 0 fully saturated rings. The summed E-state index contributed by atoms with van der Waals surface area (Å²) < 4.78 is 5.03. The van der Waals surface area contributed by atoms with Crippen LogP contribution in [0.5, 0.6) is 0 Å². The summed E-state index contributed by atoms with van der Waals surface area (Å²) in [7, 11) is 0. The van der Waals surface area contributed by atoms with Gasteiger partial charge in [0.2, 0.25) is 0 Å². The van der Waals surface area contributed by atoms with Crippen LogP contribution in [0, 0.1) is 0 Å². The van der Waals surface area contributed by atoms with Crippen LogP contribution in [-0.2, 0) is 16.0 Å². The molecule has 2 rings (SSSR count). The molecule has 0 unspecified atom stereocenters. The van der Waals surface area contributed by atoms with E-state index in [2.05, 4.69) is 12.1 Å². The Kier molecular flexibility index (Phi) is 5.47. The third kappa shape index (κ3) is 5.16. The summed E-state index contributed by atoms with van der Waals surface area (Å²) in [5.74, 6) is -0.417. The number of carbonyl (C=O) groups excluding carboxylic acids is 1. The highest BCUT2D eigenvalue weighted by Crippen LogP contribution is 2.15. The van der Waals surface area contributed by atoms with Crippen molar-refractivity contribution in [1.29, 1.82) is 0 Å². The normalized spacial score (nSPS) is 16.9. The van der Waals surface area contributed by atoms with Crippen LogP contribution < -0.4 is 11.5 Å². The van der Waals surface area contributed by atoms with E-state index in [1.54, 1.807) is 24.3 Å². The molecule has 1 aliphatic carbocycles. The highest BCUT2D eigenvalue weighted by molar-refractivity contribution is 5.92. The molecule has 1 aromatic carbocycles. The zero-order valence-corrected chi connectivity index (χ0v) is 12.3. The maximum Gasteiger partial charge on any atom is 0.342 e. The molecule has 0 heterocycles. The van der Waals surface area contributed by atoms with E-state index >= 15 is 0 Å². The Balaban J connectivity index is 1.75. The highest BCUT2D eigenvalue weighted by Gasteiger charge is 2.20.